The van der Waals surface area contributed by atoms with Gasteiger partial charge in [-0.25, -0.2) is 18.2 Å². The Morgan fingerprint density at radius 2 is 2.00 bits per heavy atom. The van der Waals surface area contributed by atoms with Crippen LogP contribution >= 0.6 is 11.5 Å². The van der Waals surface area contributed by atoms with E-state index in [2.05, 4.69) is 24.3 Å². The van der Waals surface area contributed by atoms with Crippen LogP contribution in [0.1, 0.15) is 27.2 Å². The fourth-order valence-corrected chi connectivity index (χ4v) is 4.48. The van der Waals surface area contributed by atoms with Gasteiger partial charge in [0.2, 0.25) is 5.13 Å². The Bertz CT molecular complexity index is 908. The Morgan fingerprint density at radius 1 is 1.29 bits per heavy atom. The van der Waals surface area contributed by atoms with E-state index >= 15 is 0 Å². The number of nitrogens with one attached hydrogen (secondary N) is 2. The van der Waals surface area contributed by atoms with Crippen LogP contribution in [0.15, 0.2) is 35.5 Å². The van der Waals surface area contributed by atoms with Gasteiger partial charge in [-0.2, -0.15) is 4.37 Å². The number of rotatable bonds is 5. The molecule has 0 bridgehead atoms. The van der Waals surface area contributed by atoms with Crippen molar-refractivity contribution in [3.63, 3.8) is 0 Å². The van der Waals surface area contributed by atoms with Crippen molar-refractivity contribution in [3.8, 4) is 0 Å². The molecule has 2 N–H and O–H groups in total. The van der Waals surface area contributed by atoms with Crippen LogP contribution in [0.4, 0.5) is 15.6 Å². The van der Waals surface area contributed by atoms with Crippen molar-refractivity contribution >= 4 is 38.5 Å². The molecule has 2 heterocycles. The largest absolute Gasteiger partial charge is 0.444 e. The Hall–Kier alpha value is -2.40. The minimum Gasteiger partial charge on any atom is -0.444 e. The zero-order valence-electron chi connectivity index (χ0n) is 15.9. The number of anilines is 2. The Kier molecular flexibility index (Phi) is 5.75. The SMILES string of the molecule is CC(C)(C)OC(=O)NC1CCN(c2ccc(S(=O)(=O)Nc3ncns3)cc2)C1. The lowest BCUT2D eigenvalue weighted by Gasteiger charge is -2.22. The van der Waals surface area contributed by atoms with Crippen molar-refractivity contribution in [3.05, 3.63) is 30.6 Å². The van der Waals surface area contributed by atoms with Crippen LogP contribution in [0.2, 0.25) is 0 Å². The molecule has 0 spiro atoms. The molecule has 1 saturated heterocycles. The molecular weight excluding hydrogens is 402 g/mol. The molecule has 1 aromatic heterocycles. The molecule has 2 aromatic rings. The number of hydrogen-bond donors (Lipinski definition) is 2. The van der Waals surface area contributed by atoms with Gasteiger partial charge in [0.25, 0.3) is 10.0 Å². The Labute approximate surface area is 168 Å². The van der Waals surface area contributed by atoms with Crippen LogP contribution < -0.4 is 14.9 Å². The normalized spacial score (nSPS) is 17.4. The smallest absolute Gasteiger partial charge is 0.407 e. The molecule has 1 fully saturated rings. The predicted octanol–water partition coefficient (Wildman–Crippen LogP) is 2.44. The van der Waals surface area contributed by atoms with E-state index in [1.54, 1.807) is 24.3 Å². The van der Waals surface area contributed by atoms with Gasteiger partial charge in [0.05, 0.1) is 10.9 Å². The van der Waals surface area contributed by atoms with E-state index in [1.165, 1.54) is 6.33 Å². The van der Waals surface area contributed by atoms with Crippen molar-refractivity contribution in [2.45, 2.75) is 43.7 Å². The summed E-state index contributed by atoms with van der Waals surface area (Å²) in [4.78, 5) is 18.0. The van der Waals surface area contributed by atoms with Gasteiger partial charge in [0.1, 0.15) is 11.9 Å². The molecule has 1 aliphatic heterocycles. The highest BCUT2D eigenvalue weighted by atomic mass is 32.2. The molecule has 9 nitrogen and oxygen atoms in total. The fraction of sp³-hybridized carbons (Fsp3) is 0.471. The first-order chi connectivity index (χ1) is 13.1. The van der Waals surface area contributed by atoms with Gasteiger partial charge in [-0.05, 0) is 51.5 Å². The number of alkyl carbamates (subject to hydrolysis) is 1. The highest BCUT2D eigenvalue weighted by molar-refractivity contribution is 7.93. The number of amides is 1. The average Bonchev–Trinajstić information content (AvgIpc) is 3.25. The number of benzene rings is 1. The standard InChI is InChI=1S/C17H23N5O4S2/c1-17(2,3)26-16(23)20-12-8-9-22(10-12)13-4-6-14(7-5-13)28(24,25)21-15-18-11-19-27-15/h4-7,11-12H,8-10H2,1-3H3,(H,20,23)(H,18,19,21). The highest BCUT2D eigenvalue weighted by Gasteiger charge is 2.26. The van der Waals surface area contributed by atoms with Crippen LogP contribution in [-0.2, 0) is 14.8 Å². The predicted molar refractivity (Wildman–Crippen MR) is 107 cm³/mol. The maximum Gasteiger partial charge on any atom is 0.407 e. The third-order valence-electron chi connectivity index (χ3n) is 4.00. The van der Waals surface area contributed by atoms with Crippen LogP contribution in [0, 0.1) is 0 Å². The van der Waals surface area contributed by atoms with Crippen LogP contribution in [0.5, 0.6) is 0 Å². The summed E-state index contributed by atoms with van der Waals surface area (Å²) in [5.74, 6) is 0. The summed E-state index contributed by atoms with van der Waals surface area (Å²) in [5, 5.41) is 3.10. The summed E-state index contributed by atoms with van der Waals surface area (Å²) < 4.78 is 36.2. The number of carbonyl (C=O) groups is 1. The molecule has 1 atom stereocenters. The monoisotopic (exact) mass is 425 g/mol. The lowest BCUT2D eigenvalue weighted by Crippen LogP contribution is -2.40. The van der Waals surface area contributed by atoms with Gasteiger partial charge in [0.15, 0.2) is 0 Å². The maximum absolute atomic E-state index is 12.4. The van der Waals surface area contributed by atoms with Gasteiger partial charge in [-0.3, -0.25) is 4.72 Å². The molecule has 0 saturated carbocycles. The van der Waals surface area contributed by atoms with Crippen molar-refractivity contribution in [2.75, 3.05) is 22.7 Å². The third kappa shape index (κ3) is 5.32. The second-order valence-electron chi connectivity index (χ2n) is 7.42. The number of ether oxygens (including phenoxy) is 1. The maximum atomic E-state index is 12.4. The Balaban J connectivity index is 1.59. The van der Waals surface area contributed by atoms with Gasteiger partial charge in [0, 0.05) is 30.3 Å². The lowest BCUT2D eigenvalue weighted by atomic mass is 10.2. The molecule has 1 unspecified atom stereocenters. The second-order valence-corrected chi connectivity index (χ2v) is 9.89. The van der Waals surface area contributed by atoms with E-state index in [1.807, 2.05) is 20.8 Å². The van der Waals surface area contributed by atoms with E-state index < -0.39 is 21.7 Å². The Morgan fingerprint density at radius 3 is 2.61 bits per heavy atom. The summed E-state index contributed by atoms with van der Waals surface area (Å²) in [7, 11) is -3.70. The van der Waals surface area contributed by atoms with Gasteiger partial charge in [-0.1, -0.05) is 0 Å². The number of hydrogen-bond acceptors (Lipinski definition) is 8. The number of nitrogens with zero attached hydrogens (tertiary/aromatic N) is 3. The van der Waals surface area contributed by atoms with E-state index in [4.69, 9.17) is 4.74 Å². The molecule has 1 aliphatic rings. The second kappa shape index (κ2) is 7.92. The van der Waals surface area contributed by atoms with Gasteiger partial charge >= 0.3 is 6.09 Å². The van der Waals surface area contributed by atoms with Crippen LogP contribution in [-0.4, -0.2) is 48.6 Å². The lowest BCUT2D eigenvalue weighted by molar-refractivity contribution is 0.0509. The van der Waals surface area contributed by atoms with Crippen molar-refractivity contribution < 1.29 is 17.9 Å². The third-order valence-corrected chi connectivity index (χ3v) is 6.07. The minimum absolute atomic E-state index is 0.0164. The molecule has 11 heteroatoms. The van der Waals surface area contributed by atoms with Crippen molar-refractivity contribution in [1.82, 2.24) is 14.7 Å². The molecular formula is C17H23N5O4S2. The minimum atomic E-state index is -3.70. The highest BCUT2D eigenvalue weighted by Crippen LogP contribution is 2.24. The molecule has 3 rings (SSSR count). The molecule has 28 heavy (non-hydrogen) atoms. The summed E-state index contributed by atoms with van der Waals surface area (Å²) in [5.41, 5.74) is 0.357. The number of carbonyl (C=O) groups excluding carboxylic acids is 1. The molecule has 1 aromatic carbocycles. The average molecular weight is 426 g/mol. The summed E-state index contributed by atoms with van der Waals surface area (Å²) in [6.07, 6.45) is 1.65. The summed E-state index contributed by atoms with van der Waals surface area (Å²) in [6, 6.07) is 6.59. The quantitative estimate of drug-likeness (QED) is 0.756. The first kappa shape index (κ1) is 20.3. The van der Waals surface area contributed by atoms with Crippen LogP contribution in [0.25, 0.3) is 0 Å². The number of aromatic nitrogens is 2. The van der Waals surface area contributed by atoms with E-state index in [0.717, 1.165) is 30.2 Å². The number of sulfonamides is 1. The van der Waals surface area contributed by atoms with E-state index in [0.29, 0.717) is 6.54 Å². The fourth-order valence-electron chi connectivity index (χ4n) is 2.81. The first-order valence-electron chi connectivity index (χ1n) is 8.76. The zero-order valence-corrected chi connectivity index (χ0v) is 17.5. The van der Waals surface area contributed by atoms with Gasteiger partial charge < -0.3 is 15.0 Å². The summed E-state index contributed by atoms with van der Waals surface area (Å²) in [6.45, 7) is 6.86. The molecule has 152 valence electrons. The van der Waals surface area contributed by atoms with Gasteiger partial charge in [-0.15, -0.1) is 0 Å². The van der Waals surface area contributed by atoms with Crippen LogP contribution in [0.3, 0.4) is 0 Å². The molecule has 0 radical (unpaired) electrons. The van der Waals surface area contributed by atoms with Crippen molar-refractivity contribution in [2.24, 2.45) is 0 Å². The summed E-state index contributed by atoms with van der Waals surface area (Å²) >= 11 is 0.972. The zero-order chi connectivity index (χ0) is 20.4. The molecule has 0 aliphatic carbocycles. The first-order valence-corrected chi connectivity index (χ1v) is 11.0. The van der Waals surface area contributed by atoms with Crippen molar-refractivity contribution in [1.29, 1.82) is 0 Å². The van der Waals surface area contributed by atoms with E-state index in [9.17, 15) is 13.2 Å². The van der Waals surface area contributed by atoms with E-state index in [-0.39, 0.29) is 16.1 Å². The topological polar surface area (TPSA) is 114 Å². The molecule has 1 amide bonds.